The van der Waals surface area contributed by atoms with Crippen LogP contribution in [0, 0.1) is 0 Å². The maximum Gasteiger partial charge on any atom is 0.416 e. The van der Waals surface area contributed by atoms with Crippen LogP contribution in [0.25, 0.3) is 10.9 Å². The Labute approximate surface area is 175 Å². The Bertz CT molecular complexity index is 1150. The molecule has 2 atom stereocenters. The molecule has 1 aliphatic rings. The molecule has 1 aromatic heterocycles. The number of ketones is 1. The second-order valence-electron chi connectivity index (χ2n) is 7.49. The zero-order valence-electron chi connectivity index (χ0n) is 16.3. The van der Waals surface area contributed by atoms with E-state index in [0.717, 1.165) is 28.6 Å². The molecule has 0 saturated heterocycles. The van der Waals surface area contributed by atoms with Crippen LogP contribution in [0.5, 0.6) is 0 Å². The number of fused-ring (bicyclic) bond motifs is 1. The second-order valence-corrected chi connectivity index (χ2v) is 7.49. The highest BCUT2D eigenvalue weighted by Gasteiger charge is 2.35. The summed E-state index contributed by atoms with van der Waals surface area (Å²) in [6.07, 6.45) is 0.175. The number of carbonyl (C=O) groups is 2. The van der Waals surface area contributed by atoms with Gasteiger partial charge in [0.05, 0.1) is 11.6 Å². The number of aliphatic carboxylic acids is 1. The smallest absolute Gasteiger partial charge is 0.416 e. The number of carboxylic acid groups (broad SMARTS) is 1. The number of para-hydroxylation sites is 1. The minimum Gasteiger partial charge on any atom is -0.480 e. The first-order valence-corrected chi connectivity index (χ1v) is 9.67. The van der Waals surface area contributed by atoms with Crippen molar-refractivity contribution >= 4 is 22.7 Å². The lowest BCUT2D eigenvalue weighted by Crippen LogP contribution is -2.43. The van der Waals surface area contributed by atoms with Crippen molar-refractivity contribution in [2.24, 2.45) is 0 Å². The summed E-state index contributed by atoms with van der Waals surface area (Å²) in [6, 6.07) is 10.3. The zero-order valence-corrected chi connectivity index (χ0v) is 16.3. The van der Waals surface area contributed by atoms with E-state index < -0.39 is 29.8 Å². The number of aromatic amines is 1. The van der Waals surface area contributed by atoms with Gasteiger partial charge in [-0.2, -0.15) is 13.2 Å². The van der Waals surface area contributed by atoms with Gasteiger partial charge in [-0.05, 0) is 35.4 Å². The van der Waals surface area contributed by atoms with Gasteiger partial charge in [-0.15, -0.1) is 0 Å². The number of nitrogens with zero attached hydrogens (tertiary/aromatic N) is 1. The molecule has 0 bridgehead atoms. The summed E-state index contributed by atoms with van der Waals surface area (Å²) < 4.78 is 38.8. The third-order valence-corrected chi connectivity index (χ3v) is 5.54. The Balaban J connectivity index is 1.68. The van der Waals surface area contributed by atoms with Crippen LogP contribution in [0.1, 0.15) is 29.2 Å². The van der Waals surface area contributed by atoms with Gasteiger partial charge in [0.15, 0.2) is 5.78 Å². The predicted octanol–water partition coefficient (Wildman–Crippen LogP) is 4.71. The van der Waals surface area contributed by atoms with E-state index in [1.165, 1.54) is 24.4 Å². The Hall–Kier alpha value is -3.55. The number of hydrogen-bond acceptors (Lipinski definition) is 3. The number of aromatic nitrogens is 1. The molecule has 0 spiro atoms. The fraction of sp³-hybridized carbons (Fsp3) is 0.217. The summed E-state index contributed by atoms with van der Waals surface area (Å²) in [7, 11) is 0. The highest BCUT2D eigenvalue weighted by atomic mass is 19.4. The van der Waals surface area contributed by atoms with E-state index in [-0.39, 0.29) is 18.6 Å². The molecular formula is C23H19F3N2O3. The van der Waals surface area contributed by atoms with Gasteiger partial charge >= 0.3 is 12.1 Å². The first-order chi connectivity index (χ1) is 14.7. The largest absolute Gasteiger partial charge is 0.480 e. The summed E-state index contributed by atoms with van der Waals surface area (Å²) >= 11 is 0. The van der Waals surface area contributed by atoms with E-state index in [1.807, 2.05) is 24.3 Å². The first kappa shape index (κ1) is 20.7. The van der Waals surface area contributed by atoms with Crippen molar-refractivity contribution in [2.75, 3.05) is 0 Å². The van der Waals surface area contributed by atoms with Crippen LogP contribution in [-0.4, -0.2) is 32.8 Å². The average Bonchev–Trinajstić information content (AvgIpc) is 3.14. The number of benzene rings is 2. The molecule has 0 radical (unpaired) electrons. The number of carbonyl (C=O) groups excluding carboxylic acids is 1. The topological polar surface area (TPSA) is 73.4 Å². The number of carboxylic acids is 1. The Morgan fingerprint density at radius 2 is 1.87 bits per heavy atom. The molecule has 2 aromatic carbocycles. The molecule has 4 rings (SSSR count). The highest BCUT2D eigenvalue weighted by Crippen LogP contribution is 2.35. The van der Waals surface area contributed by atoms with E-state index in [2.05, 4.69) is 4.98 Å². The molecule has 1 unspecified atom stereocenters. The molecule has 31 heavy (non-hydrogen) atoms. The van der Waals surface area contributed by atoms with Crippen LogP contribution in [0.15, 0.2) is 67.0 Å². The van der Waals surface area contributed by atoms with Crippen LogP contribution in [0.2, 0.25) is 0 Å². The van der Waals surface area contributed by atoms with Gasteiger partial charge in [0.1, 0.15) is 6.04 Å². The molecule has 3 aromatic rings. The van der Waals surface area contributed by atoms with Gasteiger partial charge in [-0.25, -0.2) is 4.79 Å². The van der Waals surface area contributed by atoms with Crippen molar-refractivity contribution in [3.63, 3.8) is 0 Å². The Morgan fingerprint density at radius 3 is 2.55 bits per heavy atom. The van der Waals surface area contributed by atoms with Crippen LogP contribution < -0.4 is 0 Å². The average molecular weight is 428 g/mol. The number of rotatable bonds is 5. The number of allylic oxidation sites excluding steroid dienone is 1. The maximum absolute atomic E-state index is 12.9. The molecule has 0 aliphatic carbocycles. The van der Waals surface area contributed by atoms with Gasteiger partial charge in [-0.3, -0.25) is 4.79 Å². The molecule has 160 valence electrons. The molecule has 1 aliphatic heterocycles. The fourth-order valence-electron chi connectivity index (χ4n) is 3.97. The normalized spacial score (nSPS) is 17.8. The summed E-state index contributed by atoms with van der Waals surface area (Å²) in [4.78, 5) is 28.9. The predicted molar refractivity (Wildman–Crippen MR) is 108 cm³/mol. The number of nitrogens with one attached hydrogen (secondary N) is 1. The Morgan fingerprint density at radius 1 is 1.16 bits per heavy atom. The first-order valence-electron chi connectivity index (χ1n) is 9.67. The quantitative estimate of drug-likeness (QED) is 0.617. The third kappa shape index (κ3) is 4.19. The van der Waals surface area contributed by atoms with E-state index in [1.54, 1.807) is 11.1 Å². The lowest BCUT2D eigenvalue weighted by molar-refractivity contribution is -0.143. The standard InChI is InChI=1S/C23H19F3N2O3/c24-23(25,26)16-7-5-14(6-8-16)20-12-17(29)9-10-28(20)21(22(30)31)11-15-13-27-19-4-2-1-3-18(15)19/h1-10,13,20-21,27H,11-12H2,(H,30,31)/t20?,21-/m0/s1. The van der Waals surface area contributed by atoms with Crippen LogP contribution >= 0.6 is 0 Å². The van der Waals surface area contributed by atoms with Crippen LogP contribution in [-0.2, 0) is 22.2 Å². The van der Waals surface area contributed by atoms with Crippen molar-refractivity contribution in [1.82, 2.24) is 9.88 Å². The van der Waals surface area contributed by atoms with Crippen LogP contribution in [0.3, 0.4) is 0 Å². The fourth-order valence-corrected chi connectivity index (χ4v) is 3.97. The second kappa shape index (κ2) is 7.94. The van der Waals surface area contributed by atoms with Crippen molar-refractivity contribution < 1.29 is 27.9 Å². The Kier molecular flexibility index (Phi) is 5.31. The molecule has 0 amide bonds. The molecule has 8 heteroatoms. The third-order valence-electron chi connectivity index (χ3n) is 5.54. The van der Waals surface area contributed by atoms with Crippen molar-refractivity contribution in [1.29, 1.82) is 0 Å². The summed E-state index contributed by atoms with van der Waals surface area (Å²) in [5.41, 5.74) is 1.34. The zero-order chi connectivity index (χ0) is 22.2. The number of hydrogen-bond donors (Lipinski definition) is 2. The van der Waals surface area contributed by atoms with Crippen molar-refractivity contribution in [2.45, 2.75) is 31.1 Å². The van der Waals surface area contributed by atoms with Gasteiger partial charge in [-0.1, -0.05) is 30.3 Å². The maximum atomic E-state index is 12.9. The van der Waals surface area contributed by atoms with Crippen molar-refractivity contribution in [3.8, 4) is 0 Å². The van der Waals surface area contributed by atoms with Crippen LogP contribution in [0.4, 0.5) is 13.2 Å². The van der Waals surface area contributed by atoms with Gasteiger partial charge < -0.3 is 15.0 Å². The summed E-state index contributed by atoms with van der Waals surface area (Å²) in [6.45, 7) is 0. The van der Waals surface area contributed by atoms with E-state index in [0.29, 0.717) is 5.56 Å². The summed E-state index contributed by atoms with van der Waals surface area (Å²) in [5.74, 6) is -1.29. The SMILES string of the molecule is O=C1C=CN([C@@H](Cc2c[nH]c3ccccc23)C(=O)O)C(c2ccc(C(F)(F)F)cc2)C1. The molecule has 2 N–H and O–H groups in total. The van der Waals surface area contributed by atoms with E-state index in [9.17, 15) is 27.9 Å². The van der Waals surface area contributed by atoms with E-state index in [4.69, 9.17) is 0 Å². The molecule has 0 saturated carbocycles. The van der Waals surface area contributed by atoms with Gasteiger partial charge in [0.25, 0.3) is 0 Å². The minimum absolute atomic E-state index is 0.0144. The molecule has 5 nitrogen and oxygen atoms in total. The summed E-state index contributed by atoms with van der Waals surface area (Å²) in [5, 5.41) is 10.9. The lowest BCUT2D eigenvalue weighted by atomic mass is 9.93. The number of alkyl halides is 3. The molecule has 2 heterocycles. The molecule has 0 fully saturated rings. The van der Waals surface area contributed by atoms with Crippen molar-refractivity contribution in [3.05, 3.63) is 83.7 Å². The van der Waals surface area contributed by atoms with Gasteiger partial charge in [0.2, 0.25) is 0 Å². The van der Waals surface area contributed by atoms with Gasteiger partial charge in [0, 0.05) is 36.1 Å². The highest BCUT2D eigenvalue weighted by molar-refractivity contribution is 5.91. The minimum atomic E-state index is -4.47. The number of halogens is 3. The monoisotopic (exact) mass is 428 g/mol. The number of H-pyrrole nitrogens is 1. The lowest BCUT2D eigenvalue weighted by Gasteiger charge is -2.37. The van der Waals surface area contributed by atoms with E-state index >= 15 is 0 Å². The molecular weight excluding hydrogens is 409 g/mol.